The van der Waals surface area contributed by atoms with Crippen LogP contribution in [0.2, 0.25) is 0 Å². The molecule has 1 amide bonds. The van der Waals surface area contributed by atoms with Gasteiger partial charge in [-0.25, -0.2) is 9.78 Å². The highest BCUT2D eigenvalue weighted by Gasteiger charge is 2.25. The Balaban J connectivity index is 1.97. The van der Waals surface area contributed by atoms with Gasteiger partial charge in [0.25, 0.3) is 0 Å². The van der Waals surface area contributed by atoms with Crippen LogP contribution in [0.3, 0.4) is 0 Å². The highest BCUT2D eigenvalue weighted by molar-refractivity contribution is 6.17. The first kappa shape index (κ1) is 12.3. The maximum Gasteiger partial charge on any atom is 0.404 e. The predicted octanol–water partition coefficient (Wildman–Crippen LogP) is 2.55. The molecule has 2 N–H and O–H groups in total. The van der Waals surface area contributed by atoms with Crippen molar-refractivity contribution >= 4 is 23.3 Å². The van der Waals surface area contributed by atoms with E-state index in [0.29, 0.717) is 17.5 Å². The number of rotatable bonds is 4. The van der Waals surface area contributed by atoms with Gasteiger partial charge in [0.1, 0.15) is 12.3 Å². The summed E-state index contributed by atoms with van der Waals surface area (Å²) in [6, 6.07) is 2.12. The molecule has 1 saturated carbocycles. The van der Waals surface area contributed by atoms with Crippen molar-refractivity contribution in [2.75, 3.05) is 0 Å². The van der Waals surface area contributed by atoms with Crippen molar-refractivity contribution in [2.45, 2.75) is 31.2 Å². The molecule has 1 fully saturated rings. The van der Waals surface area contributed by atoms with Gasteiger partial charge < -0.3 is 14.9 Å². The van der Waals surface area contributed by atoms with E-state index < -0.39 is 6.09 Å². The fourth-order valence-corrected chi connectivity index (χ4v) is 2.39. The molecule has 0 bridgehead atoms. The molecule has 3 rings (SSSR count). The van der Waals surface area contributed by atoms with Crippen LogP contribution in [0.25, 0.3) is 5.65 Å². The normalized spacial score (nSPS) is 14.8. The molecule has 1 aliphatic rings. The molecular weight excluding hydrogens is 266 g/mol. The number of pyridine rings is 1. The molecule has 0 spiro atoms. The first-order valence-electron chi connectivity index (χ1n) is 6.16. The van der Waals surface area contributed by atoms with Crippen molar-refractivity contribution in [2.24, 2.45) is 5.73 Å². The lowest BCUT2D eigenvalue weighted by molar-refractivity contribution is 0.149. The molecule has 0 unspecified atom stereocenters. The van der Waals surface area contributed by atoms with Crippen molar-refractivity contribution in [1.82, 2.24) is 9.38 Å². The van der Waals surface area contributed by atoms with Gasteiger partial charge in [-0.3, -0.25) is 0 Å². The number of hydrogen-bond donors (Lipinski definition) is 1. The second-order valence-electron chi connectivity index (χ2n) is 4.78. The fourth-order valence-electron chi connectivity index (χ4n) is 2.20. The largest absolute Gasteiger partial charge is 0.443 e. The summed E-state index contributed by atoms with van der Waals surface area (Å²) in [5, 5.41) is 0. The third-order valence-corrected chi connectivity index (χ3v) is 3.54. The van der Waals surface area contributed by atoms with E-state index in [1.807, 2.05) is 10.6 Å². The fraction of sp³-hybridized carbons (Fsp3) is 0.385. The van der Waals surface area contributed by atoms with E-state index in [0.717, 1.165) is 11.2 Å². The van der Waals surface area contributed by atoms with E-state index in [1.165, 1.54) is 18.4 Å². The van der Waals surface area contributed by atoms with Crippen LogP contribution in [0, 0.1) is 0 Å². The van der Waals surface area contributed by atoms with Gasteiger partial charge in [-0.15, -0.1) is 11.6 Å². The summed E-state index contributed by atoms with van der Waals surface area (Å²) in [5.41, 5.74) is 8.71. The number of nitrogens with zero attached hydrogens (tertiary/aromatic N) is 2. The van der Waals surface area contributed by atoms with Crippen LogP contribution in [0.1, 0.15) is 35.6 Å². The second kappa shape index (κ2) is 4.74. The monoisotopic (exact) mass is 279 g/mol. The molecule has 0 aliphatic heterocycles. The average molecular weight is 280 g/mol. The summed E-state index contributed by atoms with van der Waals surface area (Å²) in [6.45, 7) is 0.0809. The van der Waals surface area contributed by atoms with Gasteiger partial charge in [0.05, 0.1) is 11.6 Å². The van der Waals surface area contributed by atoms with Gasteiger partial charge in [0.2, 0.25) is 0 Å². The Hall–Kier alpha value is -1.75. The predicted molar refractivity (Wildman–Crippen MR) is 71.1 cm³/mol. The number of fused-ring (bicyclic) bond motifs is 1. The number of ether oxygens (including phenoxy) is 1. The Morgan fingerprint density at radius 1 is 1.53 bits per heavy atom. The topological polar surface area (TPSA) is 69.6 Å². The van der Waals surface area contributed by atoms with Crippen LogP contribution in [0.4, 0.5) is 4.79 Å². The van der Waals surface area contributed by atoms with E-state index in [1.54, 1.807) is 0 Å². The molecule has 2 aromatic rings. The summed E-state index contributed by atoms with van der Waals surface area (Å²) in [7, 11) is 0. The Morgan fingerprint density at radius 3 is 2.95 bits per heavy atom. The number of amides is 1. The van der Waals surface area contributed by atoms with Crippen LogP contribution >= 0.6 is 11.6 Å². The molecule has 2 aromatic heterocycles. The van der Waals surface area contributed by atoms with Gasteiger partial charge in [-0.2, -0.15) is 0 Å². The minimum absolute atomic E-state index is 0.0809. The van der Waals surface area contributed by atoms with Crippen LogP contribution in [0.5, 0.6) is 0 Å². The standard InChI is InChI=1S/C13H14ClN3O2/c14-4-9-3-10(8-1-2-8)5-17-6-11(16-12(9)17)7-19-13(15)18/h3,5-6,8H,1-2,4,7H2,(H2,15,18). The number of carbonyl (C=O) groups excluding carboxylic acids is 1. The molecule has 0 radical (unpaired) electrons. The lowest BCUT2D eigenvalue weighted by Crippen LogP contribution is -2.12. The smallest absolute Gasteiger partial charge is 0.404 e. The van der Waals surface area contributed by atoms with Crippen molar-refractivity contribution in [3.8, 4) is 0 Å². The molecule has 100 valence electrons. The third-order valence-electron chi connectivity index (χ3n) is 3.25. The molecular formula is C13H14ClN3O2. The van der Waals surface area contributed by atoms with Crippen molar-refractivity contribution in [1.29, 1.82) is 0 Å². The number of carbonyl (C=O) groups is 1. The third kappa shape index (κ3) is 2.51. The SMILES string of the molecule is NC(=O)OCc1cn2cc(C3CC3)cc(CCl)c2n1. The van der Waals surface area contributed by atoms with Gasteiger partial charge in [0.15, 0.2) is 0 Å². The molecule has 0 aromatic carbocycles. The lowest BCUT2D eigenvalue weighted by Gasteiger charge is -2.04. The highest BCUT2D eigenvalue weighted by Crippen LogP contribution is 2.40. The quantitative estimate of drug-likeness (QED) is 0.875. The number of hydrogen-bond acceptors (Lipinski definition) is 3. The minimum Gasteiger partial charge on any atom is -0.443 e. The van der Waals surface area contributed by atoms with Gasteiger partial charge in [-0.05, 0) is 30.4 Å². The number of halogens is 1. The maximum atomic E-state index is 10.6. The van der Waals surface area contributed by atoms with E-state index in [4.69, 9.17) is 22.1 Å². The van der Waals surface area contributed by atoms with E-state index in [9.17, 15) is 4.79 Å². The van der Waals surface area contributed by atoms with Gasteiger partial charge >= 0.3 is 6.09 Å². The summed E-state index contributed by atoms with van der Waals surface area (Å²) in [4.78, 5) is 15.0. The number of primary amides is 1. The van der Waals surface area contributed by atoms with Crippen molar-refractivity contribution < 1.29 is 9.53 Å². The van der Waals surface area contributed by atoms with Crippen molar-refractivity contribution in [3.63, 3.8) is 0 Å². The highest BCUT2D eigenvalue weighted by atomic mass is 35.5. The molecule has 6 heteroatoms. The molecule has 2 heterocycles. The molecule has 0 saturated heterocycles. The summed E-state index contributed by atoms with van der Waals surface area (Å²) in [5.74, 6) is 1.07. The summed E-state index contributed by atoms with van der Waals surface area (Å²) < 4.78 is 6.70. The first-order valence-corrected chi connectivity index (χ1v) is 6.69. The molecule has 5 nitrogen and oxygen atoms in total. The van der Waals surface area contributed by atoms with Crippen molar-refractivity contribution in [3.05, 3.63) is 35.3 Å². The Morgan fingerprint density at radius 2 is 2.32 bits per heavy atom. The average Bonchev–Trinajstić information content (AvgIpc) is 3.15. The second-order valence-corrected chi connectivity index (χ2v) is 5.04. The summed E-state index contributed by atoms with van der Waals surface area (Å²) >= 11 is 5.98. The van der Waals surface area contributed by atoms with Gasteiger partial charge in [-0.1, -0.05) is 0 Å². The number of nitrogens with two attached hydrogens (primary N) is 1. The first-order chi connectivity index (χ1) is 9.17. The van der Waals surface area contributed by atoms with E-state index >= 15 is 0 Å². The minimum atomic E-state index is -0.798. The van der Waals surface area contributed by atoms with Crippen LogP contribution in [-0.4, -0.2) is 15.5 Å². The van der Waals surface area contributed by atoms with Crippen LogP contribution < -0.4 is 5.73 Å². The maximum absolute atomic E-state index is 10.6. The lowest BCUT2D eigenvalue weighted by atomic mass is 10.1. The zero-order valence-corrected chi connectivity index (χ0v) is 11.1. The van der Waals surface area contributed by atoms with Gasteiger partial charge in [0, 0.05) is 18.0 Å². The molecule has 0 atom stereocenters. The van der Waals surface area contributed by atoms with Crippen LogP contribution in [0.15, 0.2) is 18.5 Å². The molecule has 1 aliphatic carbocycles. The summed E-state index contributed by atoms with van der Waals surface area (Å²) in [6.07, 6.45) is 5.59. The number of alkyl halides is 1. The Labute approximate surface area is 115 Å². The van der Waals surface area contributed by atoms with E-state index in [2.05, 4.69) is 17.2 Å². The zero-order valence-electron chi connectivity index (χ0n) is 10.3. The van der Waals surface area contributed by atoms with E-state index in [-0.39, 0.29) is 6.61 Å². The number of aromatic nitrogens is 2. The Kier molecular flexibility index (Phi) is 3.06. The number of imidazole rings is 1. The van der Waals surface area contributed by atoms with Crippen LogP contribution in [-0.2, 0) is 17.2 Å². The zero-order chi connectivity index (χ0) is 13.4. The molecule has 19 heavy (non-hydrogen) atoms. The Bertz CT molecular complexity index is 634.